The maximum atomic E-state index is 14.0. The fraction of sp³-hybridized carbons (Fsp3) is 0.429. The van der Waals surface area contributed by atoms with Crippen molar-refractivity contribution < 1.29 is 4.39 Å². The number of thiocarbonyl (C=S) groups is 1. The summed E-state index contributed by atoms with van der Waals surface area (Å²) in [5.41, 5.74) is 4.02. The van der Waals surface area contributed by atoms with Crippen LogP contribution in [0.5, 0.6) is 0 Å². The van der Waals surface area contributed by atoms with Gasteiger partial charge in [0, 0.05) is 30.9 Å². The van der Waals surface area contributed by atoms with Gasteiger partial charge < -0.3 is 10.2 Å². The van der Waals surface area contributed by atoms with E-state index in [-0.39, 0.29) is 5.82 Å². The van der Waals surface area contributed by atoms with Crippen molar-refractivity contribution in [3.8, 4) is 0 Å². The van der Waals surface area contributed by atoms with Gasteiger partial charge in [0.25, 0.3) is 0 Å². The van der Waals surface area contributed by atoms with Gasteiger partial charge in [-0.1, -0.05) is 0 Å². The summed E-state index contributed by atoms with van der Waals surface area (Å²) in [6.07, 6.45) is 3.79. The third-order valence-electron chi connectivity index (χ3n) is 3.16. The summed E-state index contributed by atoms with van der Waals surface area (Å²) >= 11 is 4.96. The Kier molecular flexibility index (Phi) is 5.29. The average molecular weight is 294 g/mol. The highest BCUT2D eigenvalue weighted by Crippen LogP contribution is 2.22. The van der Waals surface area contributed by atoms with Crippen LogP contribution >= 0.6 is 12.2 Å². The Morgan fingerprint density at radius 2 is 2.20 bits per heavy atom. The summed E-state index contributed by atoms with van der Waals surface area (Å²) in [4.78, 5) is 2.20. The smallest absolute Gasteiger partial charge is 0.186 e. The second-order valence-electron chi connectivity index (χ2n) is 4.63. The molecule has 1 heterocycles. The van der Waals surface area contributed by atoms with Crippen LogP contribution in [0.3, 0.4) is 0 Å². The van der Waals surface area contributed by atoms with Crippen LogP contribution in [0.4, 0.5) is 10.1 Å². The van der Waals surface area contributed by atoms with Gasteiger partial charge in [-0.25, -0.2) is 4.39 Å². The van der Waals surface area contributed by atoms with Crippen LogP contribution in [0, 0.1) is 5.82 Å². The first-order valence-electron chi connectivity index (χ1n) is 6.82. The SMILES string of the molecule is CCNC(=S)N/N=C\c1ccc(N2CCCC2)cc1F. The first-order valence-corrected chi connectivity index (χ1v) is 7.23. The molecule has 4 nitrogen and oxygen atoms in total. The first kappa shape index (κ1) is 14.7. The van der Waals surface area contributed by atoms with Crippen LogP contribution in [-0.2, 0) is 0 Å². The van der Waals surface area contributed by atoms with Crippen LogP contribution in [-0.4, -0.2) is 31.0 Å². The van der Waals surface area contributed by atoms with Gasteiger partial charge in [-0.15, -0.1) is 0 Å². The Hall–Kier alpha value is -1.69. The molecule has 0 spiro atoms. The standard InChI is InChI=1S/C14H19FN4S/c1-2-16-14(20)18-17-10-11-5-6-12(9-13(11)15)19-7-3-4-8-19/h5-6,9-10H,2-4,7-8H2,1H3,(H2,16,18,20)/b17-10-. The van der Waals surface area contributed by atoms with Gasteiger partial charge >= 0.3 is 0 Å². The molecule has 1 aromatic rings. The van der Waals surface area contributed by atoms with Crippen molar-refractivity contribution in [3.63, 3.8) is 0 Å². The van der Waals surface area contributed by atoms with Gasteiger partial charge in [0.2, 0.25) is 0 Å². The molecule has 0 unspecified atom stereocenters. The molecule has 108 valence electrons. The van der Waals surface area contributed by atoms with E-state index in [9.17, 15) is 4.39 Å². The Bertz CT molecular complexity index is 498. The summed E-state index contributed by atoms with van der Waals surface area (Å²) in [6.45, 7) is 4.67. The quantitative estimate of drug-likeness (QED) is 0.507. The molecular weight excluding hydrogens is 275 g/mol. The molecule has 2 rings (SSSR count). The molecule has 0 aromatic heterocycles. The lowest BCUT2D eigenvalue weighted by atomic mass is 10.2. The third kappa shape index (κ3) is 3.90. The highest BCUT2D eigenvalue weighted by Gasteiger charge is 2.13. The molecule has 1 fully saturated rings. The zero-order valence-electron chi connectivity index (χ0n) is 11.5. The molecule has 6 heteroatoms. The van der Waals surface area contributed by atoms with Crippen LogP contribution < -0.4 is 15.6 Å². The Morgan fingerprint density at radius 1 is 1.45 bits per heavy atom. The molecule has 2 N–H and O–H groups in total. The van der Waals surface area contributed by atoms with Gasteiger partial charge in [-0.05, 0) is 50.2 Å². The maximum absolute atomic E-state index is 14.0. The van der Waals surface area contributed by atoms with Crippen molar-refractivity contribution in [3.05, 3.63) is 29.6 Å². The van der Waals surface area contributed by atoms with E-state index in [1.165, 1.54) is 19.1 Å². The molecule has 0 radical (unpaired) electrons. The zero-order chi connectivity index (χ0) is 14.4. The van der Waals surface area contributed by atoms with Crippen molar-refractivity contribution >= 4 is 29.2 Å². The van der Waals surface area contributed by atoms with Crippen molar-refractivity contribution in [2.75, 3.05) is 24.5 Å². The number of halogens is 1. The topological polar surface area (TPSA) is 39.7 Å². The summed E-state index contributed by atoms with van der Waals surface area (Å²) in [5, 5.41) is 7.24. The summed E-state index contributed by atoms with van der Waals surface area (Å²) in [5.74, 6) is -0.269. The number of hydrazone groups is 1. The monoisotopic (exact) mass is 294 g/mol. The van der Waals surface area contributed by atoms with Gasteiger partial charge in [0.15, 0.2) is 5.11 Å². The molecule has 1 saturated heterocycles. The lowest BCUT2D eigenvalue weighted by Gasteiger charge is -2.17. The van der Waals surface area contributed by atoms with E-state index < -0.39 is 0 Å². The van der Waals surface area contributed by atoms with Gasteiger partial charge in [-0.3, -0.25) is 5.43 Å². The molecular formula is C14H19FN4S. The highest BCUT2D eigenvalue weighted by molar-refractivity contribution is 7.80. The first-order chi connectivity index (χ1) is 9.70. The number of hydrogen-bond donors (Lipinski definition) is 2. The Morgan fingerprint density at radius 3 is 2.85 bits per heavy atom. The van der Waals surface area contributed by atoms with Crippen LogP contribution in [0.15, 0.2) is 23.3 Å². The molecule has 0 atom stereocenters. The summed E-state index contributed by atoms with van der Waals surface area (Å²) < 4.78 is 14.0. The molecule has 0 aliphatic carbocycles. The maximum Gasteiger partial charge on any atom is 0.186 e. The molecule has 1 aliphatic rings. The summed E-state index contributed by atoms with van der Waals surface area (Å²) in [7, 11) is 0. The second-order valence-corrected chi connectivity index (χ2v) is 5.04. The molecule has 0 saturated carbocycles. The van der Waals surface area contributed by atoms with Crippen LogP contribution in [0.2, 0.25) is 0 Å². The normalized spacial score (nSPS) is 14.8. The summed E-state index contributed by atoms with van der Waals surface area (Å²) in [6, 6.07) is 5.23. The van der Waals surface area contributed by atoms with Crippen molar-refractivity contribution in [1.82, 2.24) is 10.7 Å². The lowest BCUT2D eigenvalue weighted by molar-refractivity contribution is 0.625. The molecule has 20 heavy (non-hydrogen) atoms. The number of benzene rings is 1. The van der Waals surface area contributed by atoms with E-state index in [2.05, 4.69) is 20.7 Å². The molecule has 1 aromatic carbocycles. The number of hydrogen-bond acceptors (Lipinski definition) is 3. The lowest BCUT2D eigenvalue weighted by Crippen LogP contribution is -2.31. The molecule has 0 amide bonds. The zero-order valence-corrected chi connectivity index (χ0v) is 12.3. The fourth-order valence-electron chi connectivity index (χ4n) is 2.15. The minimum Gasteiger partial charge on any atom is -0.371 e. The van der Waals surface area contributed by atoms with Gasteiger partial charge in [0.1, 0.15) is 5.82 Å². The Balaban J connectivity index is 1.98. The number of nitrogens with zero attached hydrogens (tertiary/aromatic N) is 2. The van der Waals surface area contributed by atoms with E-state index in [1.54, 1.807) is 12.1 Å². The Labute approximate surface area is 124 Å². The third-order valence-corrected chi connectivity index (χ3v) is 3.40. The van der Waals surface area contributed by atoms with Crippen LogP contribution in [0.1, 0.15) is 25.3 Å². The minimum atomic E-state index is -0.269. The van der Waals surface area contributed by atoms with Gasteiger partial charge in [0.05, 0.1) is 6.21 Å². The van der Waals surface area contributed by atoms with Crippen molar-refractivity contribution in [1.29, 1.82) is 0 Å². The predicted octanol–water partition coefficient (Wildman–Crippen LogP) is 2.24. The highest BCUT2D eigenvalue weighted by atomic mass is 32.1. The minimum absolute atomic E-state index is 0.269. The van der Waals surface area contributed by atoms with Gasteiger partial charge in [-0.2, -0.15) is 5.10 Å². The largest absolute Gasteiger partial charge is 0.371 e. The van der Waals surface area contributed by atoms with Crippen molar-refractivity contribution in [2.45, 2.75) is 19.8 Å². The second kappa shape index (κ2) is 7.19. The van der Waals surface area contributed by atoms with E-state index in [1.807, 2.05) is 13.0 Å². The van der Waals surface area contributed by atoms with Crippen LogP contribution in [0.25, 0.3) is 0 Å². The number of anilines is 1. The van der Waals surface area contributed by atoms with Crippen molar-refractivity contribution in [2.24, 2.45) is 5.10 Å². The van der Waals surface area contributed by atoms with E-state index in [0.717, 1.165) is 25.3 Å². The number of nitrogens with one attached hydrogen (secondary N) is 2. The average Bonchev–Trinajstić information content (AvgIpc) is 2.95. The predicted molar refractivity (Wildman–Crippen MR) is 84.9 cm³/mol. The molecule has 0 bridgehead atoms. The van der Waals surface area contributed by atoms with E-state index in [0.29, 0.717) is 10.7 Å². The fourth-order valence-corrected chi connectivity index (χ4v) is 2.35. The van der Waals surface area contributed by atoms with E-state index in [4.69, 9.17) is 12.2 Å². The number of rotatable bonds is 4. The molecule has 1 aliphatic heterocycles. The van der Waals surface area contributed by atoms with E-state index >= 15 is 0 Å².